The van der Waals surface area contributed by atoms with Crippen LogP contribution in [-0.4, -0.2) is 30.9 Å². The van der Waals surface area contributed by atoms with Crippen LogP contribution in [0.2, 0.25) is 0 Å². The van der Waals surface area contributed by atoms with Crippen molar-refractivity contribution in [2.24, 2.45) is 11.7 Å². The normalized spacial score (nSPS) is 20.0. The maximum Gasteiger partial charge on any atom is 0.240 e. The zero-order chi connectivity index (χ0) is 18.5. The Morgan fingerprint density at radius 1 is 1.23 bits per heavy atom. The van der Waals surface area contributed by atoms with Crippen LogP contribution in [-0.2, 0) is 16.0 Å². The summed E-state index contributed by atoms with van der Waals surface area (Å²) in [4.78, 5) is 25.7. The Bertz CT molecular complexity index is 658. The molecular formula is C20H28FN3O2. The first-order valence-electron chi connectivity index (χ1n) is 9.65. The zero-order valence-corrected chi connectivity index (χ0v) is 15.2. The lowest BCUT2D eigenvalue weighted by molar-refractivity contribution is -0.121. The van der Waals surface area contributed by atoms with Gasteiger partial charge in [0.15, 0.2) is 0 Å². The molecule has 142 valence electrons. The third-order valence-electron chi connectivity index (χ3n) is 5.65. The second-order valence-electron chi connectivity index (χ2n) is 7.48. The number of fused-ring (bicyclic) bond motifs is 1. The van der Waals surface area contributed by atoms with E-state index in [1.807, 2.05) is 4.90 Å². The molecule has 1 aliphatic heterocycles. The van der Waals surface area contributed by atoms with E-state index < -0.39 is 11.9 Å². The molecule has 3 rings (SSSR count). The van der Waals surface area contributed by atoms with E-state index in [-0.39, 0.29) is 11.7 Å². The third-order valence-corrected chi connectivity index (χ3v) is 5.65. The average Bonchev–Trinajstić information content (AvgIpc) is 2.99. The van der Waals surface area contributed by atoms with Crippen LogP contribution in [0.25, 0.3) is 0 Å². The van der Waals surface area contributed by atoms with E-state index in [0.29, 0.717) is 31.8 Å². The van der Waals surface area contributed by atoms with Gasteiger partial charge in [-0.25, -0.2) is 4.39 Å². The second kappa shape index (κ2) is 8.52. The smallest absolute Gasteiger partial charge is 0.240 e. The van der Waals surface area contributed by atoms with Crippen molar-refractivity contribution in [3.05, 3.63) is 29.6 Å². The van der Waals surface area contributed by atoms with Crippen molar-refractivity contribution in [2.45, 2.75) is 57.4 Å². The molecular weight excluding hydrogens is 333 g/mol. The highest BCUT2D eigenvalue weighted by Gasteiger charge is 2.33. The molecule has 1 aliphatic carbocycles. The second-order valence-corrected chi connectivity index (χ2v) is 7.48. The van der Waals surface area contributed by atoms with Gasteiger partial charge in [-0.2, -0.15) is 0 Å². The lowest BCUT2D eigenvalue weighted by Gasteiger charge is -2.25. The van der Waals surface area contributed by atoms with Gasteiger partial charge in [-0.15, -0.1) is 0 Å². The van der Waals surface area contributed by atoms with Gasteiger partial charge in [0, 0.05) is 31.6 Å². The Labute approximate surface area is 154 Å². The molecule has 26 heavy (non-hydrogen) atoms. The molecule has 0 saturated heterocycles. The summed E-state index contributed by atoms with van der Waals surface area (Å²) in [5.41, 5.74) is 7.12. The van der Waals surface area contributed by atoms with Crippen LogP contribution in [0.4, 0.5) is 10.1 Å². The number of amides is 2. The molecule has 2 aliphatic rings. The molecule has 0 bridgehead atoms. The molecule has 1 aromatic carbocycles. The van der Waals surface area contributed by atoms with E-state index in [4.69, 9.17) is 5.73 Å². The number of carbonyl (C=O) groups excluding carboxylic acids is 2. The number of carbonyl (C=O) groups is 2. The molecule has 1 fully saturated rings. The number of rotatable bonds is 7. The number of primary amides is 1. The molecule has 1 atom stereocenters. The van der Waals surface area contributed by atoms with Gasteiger partial charge in [-0.1, -0.05) is 32.1 Å². The van der Waals surface area contributed by atoms with E-state index in [0.717, 1.165) is 17.7 Å². The number of nitrogens with two attached hydrogens (primary N) is 1. The fourth-order valence-corrected chi connectivity index (χ4v) is 4.23. The number of benzene rings is 1. The summed E-state index contributed by atoms with van der Waals surface area (Å²) >= 11 is 0. The Balaban J connectivity index is 1.48. The molecule has 0 radical (unpaired) electrons. The van der Waals surface area contributed by atoms with Crippen molar-refractivity contribution in [2.75, 3.05) is 18.0 Å². The minimum absolute atomic E-state index is 0.0599. The van der Waals surface area contributed by atoms with Crippen LogP contribution in [0.3, 0.4) is 0 Å². The van der Waals surface area contributed by atoms with Gasteiger partial charge >= 0.3 is 0 Å². The number of halogens is 1. The van der Waals surface area contributed by atoms with Gasteiger partial charge in [0.05, 0.1) is 0 Å². The SMILES string of the molecule is NC(=O)[C@@H]1Cc2cc(F)ccc2N1CCNC(=O)CCC1CCCCC1. The number of nitrogens with one attached hydrogen (secondary N) is 1. The van der Waals surface area contributed by atoms with E-state index in [1.54, 1.807) is 6.07 Å². The summed E-state index contributed by atoms with van der Waals surface area (Å²) < 4.78 is 13.4. The topological polar surface area (TPSA) is 75.4 Å². The predicted molar refractivity (Wildman–Crippen MR) is 99.3 cm³/mol. The van der Waals surface area contributed by atoms with Gasteiger partial charge in [0.1, 0.15) is 11.9 Å². The maximum absolute atomic E-state index is 13.4. The average molecular weight is 361 g/mol. The Morgan fingerprint density at radius 2 is 2.00 bits per heavy atom. The monoisotopic (exact) mass is 361 g/mol. The molecule has 1 saturated carbocycles. The Kier molecular flexibility index (Phi) is 6.12. The van der Waals surface area contributed by atoms with E-state index >= 15 is 0 Å². The van der Waals surface area contributed by atoms with Crippen LogP contribution in [0, 0.1) is 11.7 Å². The van der Waals surface area contributed by atoms with Gasteiger partial charge < -0.3 is 16.0 Å². The van der Waals surface area contributed by atoms with Gasteiger partial charge in [-0.05, 0) is 36.1 Å². The number of hydrogen-bond acceptors (Lipinski definition) is 3. The van der Waals surface area contributed by atoms with E-state index in [2.05, 4.69) is 5.32 Å². The lowest BCUT2D eigenvalue weighted by Crippen LogP contribution is -2.46. The van der Waals surface area contributed by atoms with Gasteiger partial charge in [-0.3, -0.25) is 9.59 Å². The van der Waals surface area contributed by atoms with Crippen LogP contribution >= 0.6 is 0 Å². The van der Waals surface area contributed by atoms with Crippen molar-refractivity contribution in [3.8, 4) is 0 Å². The highest BCUT2D eigenvalue weighted by atomic mass is 19.1. The quantitative estimate of drug-likeness (QED) is 0.784. The summed E-state index contributed by atoms with van der Waals surface area (Å²) in [7, 11) is 0. The van der Waals surface area contributed by atoms with Crippen molar-refractivity contribution >= 4 is 17.5 Å². The fourth-order valence-electron chi connectivity index (χ4n) is 4.23. The Morgan fingerprint density at radius 3 is 2.73 bits per heavy atom. The third kappa shape index (κ3) is 4.54. The minimum Gasteiger partial charge on any atom is -0.368 e. The van der Waals surface area contributed by atoms with Crippen LogP contribution in [0.15, 0.2) is 18.2 Å². The summed E-state index contributed by atoms with van der Waals surface area (Å²) in [5, 5.41) is 2.94. The zero-order valence-electron chi connectivity index (χ0n) is 15.2. The Hall–Kier alpha value is -2.11. The molecule has 2 amide bonds. The molecule has 1 aromatic rings. The molecule has 5 nitrogen and oxygen atoms in total. The first-order chi connectivity index (χ1) is 12.5. The van der Waals surface area contributed by atoms with Crippen molar-refractivity contribution in [1.29, 1.82) is 0 Å². The van der Waals surface area contributed by atoms with Gasteiger partial charge in [0.2, 0.25) is 11.8 Å². The first-order valence-corrected chi connectivity index (χ1v) is 9.65. The summed E-state index contributed by atoms with van der Waals surface area (Å²) in [6.45, 7) is 0.936. The molecule has 1 heterocycles. The predicted octanol–water partition coefficient (Wildman–Crippen LogP) is 2.52. The van der Waals surface area contributed by atoms with E-state index in [9.17, 15) is 14.0 Å². The molecule has 0 aromatic heterocycles. The van der Waals surface area contributed by atoms with Crippen LogP contribution < -0.4 is 16.0 Å². The highest BCUT2D eigenvalue weighted by molar-refractivity contribution is 5.87. The van der Waals surface area contributed by atoms with E-state index in [1.165, 1.54) is 44.2 Å². The van der Waals surface area contributed by atoms with Crippen LogP contribution in [0.5, 0.6) is 0 Å². The summed E-state index contributed by atoms with van der Waals surface area (Å²) in [6, 6.07) is 4.04. The maximum atomic E-state index is 13.4. The minimum atomic E-state index is -0.481. The number of anilines is 1. The molecule has 0 unspecified atom stereocenters. The number of nitrogens with zero attached hydrogens (tertiary/aromatic N) is 1. The summed E-state index contributed by atoms with van der Waals surface area (Å²) in [6.07, 6.45) is 8.32. The standard InChI is InChI=1S/C20H28FN3O2/c21-16-7-8-17-15(12-16)13-18(20(22)26)24(17)11-10-23-19(25)9-6-14-4-2-1-3-5-14/h7-8,12,14,18H,1-6,9-11,13H2,(H2,22,26)(H,23,25)/t18-/m0/s1. The molecule has 3 N–H and O–H groups in total. The van der Waals surface area contributed by atoms with Crippen molar-refractivity contribution in [1.82, 2.24) is 5.32 Å². The van der Waals surface area contributed by atoms with Crippen LogP contribution in [0.1, 0.15) is 50.5 Å². The van der Waals surface area contributed by atoms with Crippen molar-refractivity contribution in [3.63, 3.8) is 0 Å². The highest BCUT2D eigenvalue weighted by Crippen LogP contribution is 2.32. The number of hydrogen-bond donors (Lipinski definition) is 2. The van der Waals surface area contributed by atoms with Gasteiger partial charge in [0.25, 0.3) is 0 Å². The fraction of sp³-hybridized carbons (Fsp3) is 0.600. The lowest BCUT2D eigenvalue weighted by atomic mass is 9.86. The first kappa shape index (κ1) is 18.7. The summed E-state index contributed by atoms with van der Waals surface area (Å²) in [5.74, 6) is 0.00823. The molecule has 6 heteroatoms. The largest absolute Gasteiger partial charge is 0.368 e. The molecule has 0 spiro atoms. The van der Waals surface area contributed by atoms with Crippen molar-refractivity contribution < 1.29 is 14.0 Å².